The number of carboxylic acid groups (broad SMARTS) is 1. The number of hydrogen-bond donors (Lipinski definition) is 3. The summed E-state index contributed by atoms with van der Waals surface area (Å²) in [6.45, 7) is 15.0. The summed E-state index contributed by atoms with van der Waals surface area (Å²) in [6.07, 6.45) is 2.32. The minimum Gasteiger partial charge on any atom is -0.481 e. The highest BCUT2D eigenvalue weighted by Gasteiger charge is 2.22. The molecule has 5 rings (SSSR count). The number of nitrogens with zero attached hydrogens (tertiary/aromatic N) is 2. The Morgan fingerprint density at radius 3 is 2.18 bits per heavy atom. The number of aliphatic carboxylic acids is 1. The summed E-state index contributed by atoms with van der Waals surface area (Å²) in [6, 6.07) is 8.43. The van der Waals surface area contributed by atoms with Crippen LogP contribution in [0.2, 0.25) is 0 Å². The van der Waals surface area contributed by atoms with E-state index in [9.17, 15) is 9.90 Å². The summed E-state index contributed by atoms with van der Waals surface area (Å²) in [5.41, 5.74) is 17.1. The summed E-state index contributed by atoms with van der Waals surface area (Å²) < 4.78 is 0. The normalized spacial score (nSPS) is 13.6. The number of hydrogen-bond acceptors (Lipinski definition) is 3. The molecule has 0 saturated carbocycles. The maximum atomic E-state index is 11.4. The molecule has 0 amide bonds. The molecule has 0 fully saturated rings. The minimum atomic E-state index is -0.808. The van der Waals surface area contributed by atoms with Crippen LogP contribution in [0, 0.1) is 20.8 Å². The van der Waals surface area contributed by atoms with Crippen LogP contribution in [0.15, 0.2) is 24.3 Å². The number of aryl methyl sites for hydroxylation is 4. The second-order valence-electron chi connectivity index (χ2n) is 10.4. The number of carbonyl (C=O) groups is 1. The fourth-order valence-corrected chi connectivity index (χ4v) is 5.90. The highest BCUT2D eigenvalue weighted by molar-refractivity contribution is 5.96. The van der Waals surface area contributed by atoms with Crippen molar-refractivity contribution in [2.24, 2.45) is 0 Å². The average Bonchev–Trinajstić information content (AvgIpc) is 3.56. The first kappa shape index (κ1) is 25.7. The van der Waals surface area contributed by atoms with Crippen molar-refractivity contribution in [1.82, 2.24) is 19.9 Å². The molecule has 2 aliphatic heterocycles. The van der Waals surface area contributed by atoms with Gasteiger partial charge < -0.3 is 15.1 Å². The van der Waals surface area contributed by atoms with Crippen molar-refractivity contribution in [3.63, 3.8) is 0 Å². The highest BCUT2D eigenvalue weighted by atomic mass is 16.4. The second-order valence-corrected chi connectivity index (χ2v) is 10.4. The SMILES string of the molecule is CCC1=C(C)c2cc3nc(cc4cc(C)c(cc5[nH]c(c(C)c1n2)c(C)c5CC)[nH]4)C(CCC(=O)O)=C3C. The lowest BCUT2D eigenvalue weighted by Gasteiger charge is -2.04. The van der Waals surface area contributed by atoms with Crippen LogP contribution in [-0.4, -0.2) is 31.0 Å². The molecule has 0 spiro atoms. The maximum absolute atomic E-state index is 11.4. The molecule has 3 aromatic heterocycles. The summed E-state index contributed by atoms with van der Waals surface area (Å²) in [5.74, 6) is -0.808. The van der Waals surface area contributed by atoms with Crippen LogP contribution < -0.4 is 0 Å². The quantitative estimate of drug-likeness (QED) is 0.326. The van der Waals surface area contributed by atoms with Crippen LogP contribution in [-0.2, 0) is 11.2 Å². The molecule has 0 unspecified atom stereocenters. The topological polar surface area (TPSA) is 94.7 Å². The van der Waals surface area contributed by atoms with Crippen LogP contribution in [0.4, 0.5) is 0 Å². The van der Waals surface area contributed by atoms with Gasteiger partial charge in [-0.1, -0.05) is 13.8 Å². The largest absolute Gasteiger partial charge is 0.481 e. The van der Waals surface area contributed by atoms with Crippen molar-refractivity contribution in [3.05, 3.63) is 69.3 Å². The van der Waals surface area contributed by atoms with E-state index in [1.807, 2.05) is 13.0 Å². The first-order valence-electron chi connectivity index (χ1n) is 13.5. The van der Waals surface area contributed by atoms with E-state index in [1.54, 1.807) is 0 Å². The molecular weight excluding hydrogens is 472 g/mol. The van der Waals surface area contributed by atoms with Crippen molar-refractivity contribution >= 4 is 50.3 Å². The van der Waals surface area contributed by atoms with E-state index in [-0.39, 0.29) is 6.42 Å². The Morgan fingerprint density at radius 2 is 1.50 bits per heavy atom. The summed E-state index contributed by atoms with van der Waals surface area (Å²) in [4.78, 5) is 28.9. The standard InChI is InChI=1S/C32H36N4O2/c1-8-22-19(6)31-20(7)32-23(9-2)17(4)27(35-32)15-26-18(5)24(10-11-30(37)38)28(34-26)13-21-12-16(3)25(33-21)14-29(22)36-31/h12-15,33,36H,8-11H2,1-7H3,(H,37,38). The number of aromatic amines is 2. The molecule has 8 bridgehead atoms. The molecule has 3 N–H and O–H groups in total. The molecule has 6 heteroatoms. The van der Waals surface area contributed by atoms with Crippen molar-refractivity contribution in [1.29, 1.82) is 0 Å². The van der Waals surface area contributed by atoms with Gasteiger partial charge in [0.05, 0.1) is 22.8 Å². The number of allylic oxidation sites excluding steroid dienone is 4. The lowest BCUT2D eigenvalue weighted by atomic mass is 9.99. The van der Waals surface area contributed by atoms with Gasteiger partial charge >= 0.3 is 5.97 Å². The Bertz CT molecular complexity index is 1710. The van der Waals surface area contributed by atoms with Gasteiger partial charge in [0.25, 0.3) is 0 Å². The van der Waals surface area contributed by atoms with Crippen molar-refractivity contribution in [2.75, 3.05) is 0 Å². The van der Waals surface area contributed by atoms with Gasteiger partial charge in [-0.15, -0.1) is 0 Å². The van der Waals surface area contributed by atoms with E-state index >= 15 is 0 Å². The van der Waals surface area contributed by atoms with Gasteiger partial charge in [-0.05, 0) is 123 Å². The van der Waals surface area contributed by atoms with Crippen LogP contribution in [0.1, 0.15) is 92.0 Å². The third kappa shape index (κ3) is 4.28. The Morgan fingerprint density at radius 1 is 0.789 bits per heavy atom. The predicted molar refractivity (Wildman–Crippen MR) is 157 cm³/mol. The smallest absolute Gasteiger partial charge is 0.303 e. The predicted octanol–water partition coefficient (Wildman–Crippen LogP) is 7.94. The van der Waals surface area contributed by atoms with Gasteiger partial charge in [0.1, 0.15) is 0 Å². The fraction of sp³-hybridized carbons (Fsp3) is 0.344. The number of H-pyrrole nitrogens is 2. The maximum Gasteiger partial charge on any atom is 0.303 e. The van der Waals surface area contributed by atoms with E-state index in [0.29, 0.717) is 6.42 Å². The van der Waals surface area contributed by atoms with E-state index < -0.39 is 5.97 Å². The molecule has 0 aliphatic carbocycles. The van der Waals surface area contributed by atoms with E-state index in [1.165, 1.54) is 22.3 Å². The minimum absolute atomic E-state index is 0.0651. The number of aromatic nitrogens is 4. The van der Waals surface area contributed by atoms with Crippen LogP contribution in [0.3, 0.4) is 0 Å². The zero-order valence-electron chi connectivity index (χ0n) is 23.4. The van der Waals surface area contributed by atoms with Crippen LogP contribution in [0.5, 0.6) is 0 Å². The zero-order valence-corrected chi connectivity index (χ0v) is 23.4. The van der Waals surface area contributed by atoms with Crippen LogP contribution >= 0.6 is 0 Å². The van der Waals surface area contributed by atoms with Gasteiger partial charge in [-0.2, -0.15) is 0 Å². The van der Waals surface area contributed by atoms with Crippen molar-refractivity contribution in [2.45, 2.75) is 74.1 Å². The number of rotatable bonds is 5. The third-order valence-electron chi connectivity index (χ3n) is 8.11. The molecule has 6 nitrogen and oxygen atoms in total. The van der Waals surface area contributed by atoms with E-state index in [2.05, 4.69) is 69.7 Å². The Hall–Kier alpha value is -3.93. The summed E-state index contributed by atoms with van der Waals surface area (Å²) in [7, 11) is 0. The molecule has 196 valence electrons. The average molecular weight is 509 g/mol. The molecule has 0 saturated heterocycles. The van der Waals surface area contributed by atoms with Gasteiger partial charge in [-0.25, -0.2) is 9.97 Å². The van der Waals surface area contributed by atoms with Gasteiger partial charge in [0.15, 0.2) is 0 Å². The van der Waals surface area contributed by atoms with E-state index in [0.717, 1.165) is 80.0 Å². The lowest BCUT2D eigenvalue weighted by Crippen LogP contribution is -1.95. The fourth-order valence-electron chi connectivity index (χ4n) is 5.90. The first-order chi connectivity index (χ1) is 18.1. The lowest BCUT2D eigenvalue weighted by molar-refractivity contribution is -0.136. The molecule has 0 radical (unpaired) electrons. The van der Waals surface area contributed by atoms with Crippen molar-refractivity contribution < 1.29 is 9.90 Å². The van der Waals surface area contributed by atoms with E-state index in [4.69, 9.17) is 9.97 Å². The van der Waals surface area contributed by atoms with Gasteiger partial charge in [0, 0.05) is 28.5 Å². The monoisotopic (exact) mass is 508 g/mol. The zero-order chi connectivity index (χ0) is 27.3. The Balaban J connectivity index is 1.94. The molecule has 0 atom stereocenters. The van der Waals surface area contributed by atoms with Crippen LogP contribution in [0.25, 0.3) is 44.4 Å². The number of nitrogens with one attached hydrogen (secondary N) is 2. The Kier molecular flexibility index (Phi) is 6.59. The highest BCUT2D eigenvalue weighted by Crippen LogP contribution is 2.38. The number of fused-ring (bicyclic) bond motifs is 8. The van der Waals surface area contributed by atoms with Gasteiger partial charge in [-0.3, -0.25) is 4.79 Å². The third-order valence-corrected chi connectivity index (χ3v) is 8.11. The second kappa shape index (κ2) is 9.75. The Labute approximate surface area is 223 Å². The summed E-state index contributed by atoms with van der Waals surface area (Å²) in [5, 5.41) is 9.38. The molecular formula is C32H36N4O2. The number of carboxylic acids is 1. The molecule has 38 heavy (non-hydrogen) atoms. The first-order valence-corrected chi connectivity index (χ1v) is 13.5. The molecule has 0 aromatic carbocycles. The van der Waals surface area contributed by atoms with Crippen molar-refractivity contribution in [3.8, 4) is 0 Å². The summed E-state index contributed by atoms with van der Waals surface area (Å²) >= 11 is 0. The molecule has 2 aliphatic rings. The molecule has 5 heterocycles. The van der Waals surface area contributed by atoms with Gasteiger partial charge in [0.2, 0.25) is 0 Å². The molecule has 3 aromatic rings.